The monoisotopic (exact) mass is 200 g/mol. The molecule has 0 heterocycles. The fourth-order valence-corrected chi connectivity index (χ4v) is 1.77. The van der Waals surface area contributed by atoms with E-state index in [1.54, 1.807) is 0 Å². The molecule has 2 heteroatoms. The summed E-state index contributed by atoms with van der Waals surface area (Å²) in [5, 5.41) is 0. The first-order valence-corrected chi connectivity index (χ1v) is 4.90. The van der Waals surface area contributed by atoms with Gasteiger partial charge in [0.05, 0.1) is 0 Å². The number of rotatable bonds is 1. The van der Waals surface area contributed by atoms with Gasteiger partial charge in [-0.1, -0.05) is 12.1 Å². The van der Waals surface area contributed by atoms with Gasteiger partial charge in [-0.15, -0.1) is 0 Å². The summed E-state index contributed by atoms with van der Waals surface area (Å²) in [6, 6.07) is 5.31. The summed E-state index contributed by atoms with van der Waals surface area (Å²) in [4.78, 5) is 22.1. The van der Waals surface area contributed by atoms with Crippen LogP contribution in [-0.4, -0.2) is 0 Å². The third-order valence-corrected chi connectivity index (χ3v) is 3.09. The standard InChI is InChI=1S/C13H12O2/c1-7-4-5-10(9(3)8(7)2)11-6-12(14)13(11)15/h4-6H,1-3H3. The molecule has 2 rings (SSSR count). The molecule has 0 fully saturated rings. The first-order valence-electron chi connectivity index (χ1n) is 4.90. The maximum atomic E-state index is 11.3. The van der Waals surface area contributed by atoms with E-state index in [1.807, 2.05) is 32.9 Å². The highest BCUT2D eigenvalue weighted by atomic mass is 16.2. The van der Waals surface area contributed by atoms with E-state index in [4.69, 9.17) is 0 Å². The van der Waals surface area contributed by atoms with Crippen LogP contribution in [0.1, 0.15) is 16.7 Å². The molecular weight excluding hydrogens is 188 g/mol. The molecule has 2 aromatic rings. The number of benzene rings is 1. The summed E-state index contributed by atoms with van der Waals surface area (Å²) in [6.45, 7) is 6.04. The molecule has 0 aliphatic carbocycles. The molecule has 0 amide bonds. The number of aryl methyl sites for hydroxylation is 1. The average molecular weight is 200 g/mol. The van der Waals surface area contributed by atoms with Gasteiger partial charge in [0.2, 0.25) is 10.9 Å². The van der Waals surface area contributed by atoms with Crippen LogP contribution in [0.2, 0.25) is 0 Å². The zero-order valence-corrected chi connectivity index (χ0v) is 9.05. The molecular formula is C13H12O2. The van der Waals surface area contributed by atoms with Crippen molar-refractivity contribution in [1.82, 2.24) is 0 Å². The summed E-state index contributed by atoms with van der Waals surface area (Å²) in [6.07, 6.45) is 0. The van der Waals surface area contributed by atoms with E-state index in [9.17, 15) is 9.59 Å². The van der Waals surface area contributed by atoms with Crippen LogP contribution in [0.3, 0.4) is 0 Å². The van der Waals surface area contributed by atoms with Gasteiger partial charge in [0.1, 0.15) is 0 Å². The Hall–Kier alpha value is -1.70. The molecule has 2 nitrogen and oxygen atoms in total. The SMILES string of the molecule is Cc1ccc(-c2cc(=O)c2=O)c(C)c1C. The number of hydrogen-bond acceptors (Lipinski definition) is 2. The van der Waals surface area contributed by atoms with Gasteiger partial charge in [0.25, 0.3) is 0 Å². The van der Waals surface area contributed by atoms with E-state index in [0.29, 0.717) is 5.56 Å². The topological polar surface area (TPSA) is 34.1 Å². The van der Waals surface area contributed by atoms with Gasteiger partial charge in [0.15, 0.2) is 0 Å². The van der Waals surface area contributed by atoms with Gasteiger partial charge in [0, 0.05) is 11.6 Å². The van der Waals surface area contributed by atoms with Crippen molar-refractivity contribution >= 4 is 0 Å². The summed E-state index contributed by atoms with van der Waals surface area (Å²) < 4.78 is 0. The molecule has 0 aliphatic heterocycles. The van der Waals surface area contributed by atoms with E-state index in [0.717, 1.165) is 11.1 Å². The maximum absolute atomic E-state index is 11.3. The Morgan fingerprint density at radius 1 is 0.867 bits per heavy atom. The van der Waals surface area contributed by atoms with Gasteiger partial charge in [-0.3, -0.25) is 9.59 Å². The Morgan fingerprint density at radius 2 is 1.53 bits per heavy atom. The molecule has 0 unspecified atom stereocenters. The quantitative estimate of drug-likeness (QED) is 0.658. The Balaban J connectivity index is 2.67. The van der Waals surface area contributed by atoms with Gasteiger partial charge < -0.3 is 0 Å². The minimum atomic E-state index is -0.386. The first kappa shape index (κ1) is 9.84. The fourth-order valence-electron chi connectivity index (χ4n) is 1.77. The van der Waals surface area contributed by atoms with Crippen molar-refractivity contribution in [2.75, 3.05) is 0 Å². The molecule has 0 aliphatic rings. The van der Waals surface area contributed by atoms with E-state index in [-0.39, 0.29) is 10.9 Å². The molecule has 0 atom stereocenters. The fraction of sp³-hybridized carbons (Fsp3) is 0.231. The molecule has 0 aromatic heterocycles. The third kappa shape index (κ3) is 1.33. The molecule has 0 saturated heterocycles. The van der Waals surface area contributed by atoms with Crippen LogP contribution >= 0.6 is 0 Å². The molecule has 2 aromatic carbocycles. The van der Waals surface area contributed by atoms with E-state index < -0.39 is 0 Å². The Labute approximate surface area is 87.9 Å². The molecule has 15 heavy (non-hydrogen) atoms. The summed E-state index contributed by atoms with van der Waals surface area (Å²) in [5.41, 5.74) is 4.17. The third-order valence-electron chi connectivity index (χ3n) is 3.09. The maximum Gasteiger partial charge on any atom is 0.233 e. The van der Waals surface area contributed by atoms with Crippen LogP contribution in [0.5, 0.6) is 0 Å². The largest absolute Gasteiger partial charge is 0.286 e. The molecule has 0 radical (unpaired) electrons. The lowest BCUT2D eigenvalue weighted by molar-refractivity contribution is 1.26. The van der Waals surface area contributed by atoms with Crippen LogP contribution in [0.4, 0.5) is 0 Å². The van der Waals surface area contributed by atoms with Crippen molar-refractivity contribution in [2.45, 2.75) is 20.8 Å². The van der Waals surface area contributed by atoms with Crippen LogP contribution in [0.25, 0.3) is 11.1 Å². The average Bonchev–Trinajstić information content (AvgIpc) is 2.23. The van der Waals surface area contributed by atoms with E-state index in [1.165, 1.54) is 17.2 Å². The van der Waals surface area contributed by atoms with E-state index in [2.05, 4.69) is 0 Å². The second-order valence-electron chi connectivity index (χ2n) is 3.93. The minimum absolute atomic E-state index is 0.360. The van der Waals surface area contributed by atoms with Crippen molar-refractivity contribution < 1.29 is 0 Å². The van der Waals surface area contributed by atoms with Crippen molar-refractivity contribution in [2.24, 2.45) is 0 Å². The zero-order valence-electron chi connectivity index (χ0n) is 9.05. The van der Waals surface area contributed by atoms with Gasteiger partial charge in [-0.2, -0.15) is 0 Å². The van der Waals surface area contributed by atoms with Crippen LogP contribution in [0, 0.1) is 20.8 Å². The lowest BCUT2D eigenvalue weighted by Crippen LogP contribution is -2.31. The van der Waals surface area contributed by atoms with Crippen molar-refractivity contribution in [3.63, 3.8) is 0 Å². The first-order chi connectivity index (χ1) is 7.02. The Bertz CT molecular complexity index is 599. The highest BCUT2D eigenvalue weighted by molar-refractivity contribution is 5.70. The smallest absolute Gasteiger partial charge is 0.233 e. The summed E-state index contributed by atoms with van der Waals surface area (Å²) in [5.74, 6) is 0. The summed E-state index contributed by atoms with van der Waals surface area (Å²) >= 11 is 0. The second kappa shape index (κ2) is 3.16. The lowest BCUT2D eigenvalue weighted by atomic mass is 9.92. The van der Waals surface area contributed by atoms with Gasteiger partial charge in [-0.25, -0.2) is 0 Å². The molecule has 0 saturated carbocycles. The minimum Gasteiger partial charge on any atom is -0.286 e. The highest BCUT2D eigenvalue weighted by Crippen LogP contribution is 2.24. The predicted octanol–water partition coefficient (Wildman–Crippen LogP) is 1.87. The van der Waals surface area contributed by atoms with Crippen LogP contribution in [0.15, 0.2) is 27.8 Å². The molecule has 0 bridgehead atoms. The van der Waals surface area contributed by atoms with Crippen molar-refractivity contribution in [3.8, 4) is 11.1 Å². The second-order valence-corrected chi connectivity index (χ2v) is 3.93. The molecule has 0 N–H and O–H groups in total. The van der Waals surface area contributed by atoms with Crippen molar-refractivity contribution in [1.29, 1.82) is 0 Å². The Kier molecular flexibility index (Phi) is 2.07. The van der Waals surface area contributed by atoms with E-state index >= 15 is 0 Å². The zero-order chi connectivity index (χ0) is 11.2. The predicted molar refractivity (Wildman–Crippen MR) is 61.0 cm³/mol. The highest BCUT2D eigenvalue weighted by Gasteiger charge is 2.14. The normalized spacial score (nSPS) is 10.9. The van der Waals surface area contributed by atoms with Crippen LogP contribution in [-0.2, 0) is 0 Å². The lowest BCUT2D eigenvalue weighted by Gasteiger charge is -2.11. The van der Waals surface area contributed by atoms with Gasteiger partial charge in [-0.05, 0) is 43.0 Å². The molecule has 0 spiro atoms. The number of hydrogen-bond donors (Lipinski definition) is 0. The summed E-state index contributed by atoms with van der Waals surface area (Å²) in [7, 11) is 0. The van der Waals surface area contributed by atoms with Crippen molar-refractivity contribution in [3.05, 3.63) is 55.3 Å². The Morgan fingerprint density at radius 3 is 2.07 bits per heavy atom. The van der Waals surface area contributed by atoms with Crippen LogP contribution < -0.4 is 10.9 Å². The van der Waals surface area contributed by atoms with Gasteiger partial charge >= 0.3 is 0 Å². The molecule has 76 valence electrons.